The summed E-state index contributed by atoms with van der Waals surface area (Å²) in [4.78, 5) is 0. The molecule has 0 unspecified atom stereocenters. The third-order valence-electron chi connectivity index (χ3n) is 2.70. The quantitative estimate of drug-likeness (QED) is 0.691. The molecular formula is C13H11N3O. The van der Waals surface area contributed by atoms with Gasteiger partial charge in [-0.25, -0.2) is 0 Å². The van der Waals surface area contributed by atoms with Gasteiger partial charge in [-0.15, -0.1) is 10.2 Å². The van der Waals surface area contributed by atoms with Gasteiger partial charge in [0.1, 0.15) is 5.75 Å². The molecule has 0 bridgehead atoms. The van der Waals surface area contributed by atoms with Gasteiger partial charge < -0.3 is 5.11 Å². The van der Waals surface area contributed by atoms with Crippen molar-refractivity contribution >= 4 is 5.65 Å². The van der Waals surface area contributed by atoms with Crippen LogP contribution in [0.15, 0.2) is 42.6 Å². The van der Waals surface area contributed by atoms with E-state index in [2.05, 4.69) is 10.2 Å². The van der Waals surface area contributed by atoms with Crippen LogP contribution in [0.1, 0.15) is 5.56 Å². The first-order valence-electron chi connectivity index (χ1n) is 5.35. The maximum atomic E-state index is 9.49. The molecule has 1 aromatic carbocycles. The molecule has 0 fully saturated rings. The lowest BCUT2D eigenvalue weighted by atomic mass is 10.1. The lowest BCUT2D eigenvalue weighted by Crippen LogP contribution is -1.88. The Kier molecular flexibility index (Phi) is 2.08. The number of fused-ring (bicyclic) bond motifs is 1. The van der Waals surface area contributed by atoms with Crippen molar-refractivity contribution in [3.05, 3.63) is 48.2 Å². The fourth-order valence-corrected chi connectivity index (χ4v) is 1.78. The molecule has 0 saturated carbocycles. The highest BCUT2D eigenvalue weighted by Gasteiger charge is 2.07. The molecule has 0 saturated heterocycles. The molecule has 17 heavy (non-hydrogen) atoms. The highest BCUT2D eigenvalue weighted by atomic mass is 16.3. The van der Waals surface area contributed by atoms with Gasteiger partial charge in [0.15, 0.2) is 11.5 Å². The molecule has 3 rings (SSSR count). The number of aryl methyl sites for hydroxylation is 1. The smallest absolute Gasteiger partial charge is 0.168 e. The zero-order chi connectivity index (χ0) is 11.8. The van der Waals surface area contributed by atoms with Gasteiger partial charge in [0, 0.05) is 5.56 Å². The second kappa shape index (κ2) is 3.59. The van der Waals surface area contributed by atoms with Crippen LogP contribution in [0.4, 0.5) is 0 Å². The molecule has 84 valence electrons. The Hall–Kier alpha value is -2.36. The summed E-state index contributed by atoms with van der Waals surface area (Å²) >= 11 is 0. The van der Waals surface area contributed by atoms with Crippen molar-refractivity contribution in [1.82, 2.24) is 14.6 Å². The van der Waals surface area contributed by atoms with Crippen molar-refractivity contribution in [2.24, 2.45) is 0 Å². The van der Waals surface area contributed by atoms with Crippen LogP contribution in [0.25, 0.3) is 17.0 Å². The van der Waals surface area contributed by atoms with Crippen molar-refractivity contribution in [2.75, 3.05) is 0 Å². The van der Waals surface area contributed by atoms with Crippen LogP contribution >= 0.6 is 0 Å². The second-order valence-electron chi connectivity index (χ2n) is 4.01. The van der Waals surface area contributed by atoms with Gasteiger partial charge in [-0.2, -0.15) is 0 Å². The van der Waals surface area contributed by atoms with Crippen LogP contribution in [-0.2, 0) is 0 Å². The molecule has 0 radical (unpaired) electrons. The molecule has 0 aliphatic carbocycles. The van der Waals surface area contributed by atoms with E-state index in [1.54, 1.807) is 22.7 Å². The van der Waals surface area contributed by atoms with Crippen molar-refractivity contribution in [3.8, 4) is 17.1 Å². The van der Waals surface area contributed by atoms with Crippen molar-refractivity contribution < 1.29 is 5.11 Å². The zero-order valence-corrected chi connectivity index (χ0v) is 9.33. The van der Waals surface area contributed by atoms with E-state index in [9.17, 15) is 5.11 Å². The number of hydrogen-bond acceptors (Lipinski definition) is 3. The molecule has 4 heteroatoms. The number of rotatable bonds is 1. The van der Waals surface area contributed by atoms with E-state index < -0.39 is 0 Å². The number of benzene rings is 1. The Bertz CT molecular complexity index is 671. The van der Waals surface area contributed by atoms with Gasteiger partial charge >= 0.3 is 0 Å². The van der Waals surface area contributed by atoms with Crippen LogP contribution in [0.2, 0.25) is 0 Å². The number of pyridine rings is 1. The summed E-state index contributed by atoms with van der Waals surface area (Å²) in [5.74, 6) is 0.932. The van der Waals surface area contributed by atoms with Gasteiger partial charge in [0.25, 0.3) is 0 Å². The summed E-state index contributed by atoms with van der Waals surface area (Å²) in [6, 6.07) is 11.4. The molecule has 0 atom stereocenters. The number of nitrogens with zero attached hydrogens (tertiary/aromatic N) is 3. The van der Waals surface area contributed by atoms with E-state index in [0.29, 0.717) is 0 Å². The number of aromatic nitrogens is 3. The van der Waals surface area contributed by atoms with E-state index >= 15 is 0 Å². The molecule has 0 aliphatic rings. The summed E-state index contributed by atoms with van der Waals surface area (Å²) in [6.07, 6.45) is 1.62. The van der Waals surface area contributed by atoms with Gasteiger partial charge in [-0.1, -0.05) is 29.8 Å². The largest absolute Gasteiger partial charge is 0.506 e. The molecule has 2 aromatic heterocycles. The second-order valence-corrected chi connectivity index (χ2v) is 4.01. The van der Waals surface area contributed by atoms with E-state index in [-0.39, 0.29) is 5.75 Å². The summed E-state index contributed by atoms with van der Waals surface area (Å²) < 4.78 is 1.78. The molecular weight excluding hydrogens is 214 g/mol. The van der Waals surface area contributed by atoms with Gasteiger partial charge in [0.05, 0.1) is 6.20 Å². The first-order valence-corrected chi connectivity index (χ1v) is 5.35. The molecule has 0 amide bonds. The minimum atomic E-state index is 0.200. The Morgan fingerprint density at radius 2 is 1.76 bits per heavy atom. The lowest BCUT2D eigenvalue weighted by Gasteiger charge is -2.01. The lowest BCUT2D eigenvalue weighted by molar-refractivity contribution is 0.472. The molecule has 0 spiro atoms. The fraction of sp³-hybridized carbons (Fsp3) is 0.0769. The third-order valence-corrected chi connectivity index (χ3v) is 2.70. The first kappa shape index (κ1) is 9.84. The SMILES string of the molecule is Cc1ccc(-c2nnc3ccc(O)cn23)cc1. The Morgan fingerprint density at radius 3 is 2.53 bits per heavy atom. The highest BCUT2D eigenvalue weighted by molar-refractivity contribution is 5.60. The Morgan fingerprint density at radius 1 is 1.00 bits per heavy atom. The standard InChI is InChI=1S/C13H11N3O/c1-9-2-4-10(5-3-9)13-15-14-12-7-6-11(17)8-16(12)13/h2-8,17H,1H3. The van der Waals surface area contributed by atoms with Crippen molar-refractivity contribution in [1.29, 1.82) is 0 Å². The van der Waals surface area contributed by atoms with Gasteiger partial charge in [-0.3, -0.25) is 4.40 Å². The minimum Gasteiger partial charge on any atom is -0.506 e. The van der Waals surface area contributed by atoms with Crippen LogP contribution in [0.5, 0.6) is 5.75 Å². The predicted molar refractivity (Wildman–Crippen MR) is 64.8 cm³/mol. The van der Waals surface area contributed by atoms with E-state index in [1.807, 2.05) is 31.2 Å². The Labute approximate surface area is 98.2 Å². The number of hydrogen-bond donors (Lipinski definition) is 1. The topological polar surface area (TPSA) is 50.4 Å². The van der Waals surface area contributed by atoms with Gasteiger partial charge in [-0.05, 0) is 19.1 Å². The van der Waals surface area contributed by atoms with Crippen LogP contribution in [-0.4, -0.2) is 19.7 Å². The maximum Gasteiger partial charge on any atom is 0.168 e. The van der Waals surface area contributed by atoms with Gasteiger partial charge in [0.2, 0.25) is 0 Å². The summed E-state index contributed by atoms with van der Waals surface area (Å²) in [5, 5.41) is 17.7. The van der Waals surface area contributed by atoms with Crippen LogP contribution in [0.3, 0.4) is 0 Å². The summed E-state index contributed by atoms with van der Waals surface area (Å²) in [6.45, 7) is 2.04. The Balaban J connectivity index is 2.23. The van der Waals surface area contributed by atoms with Crippen LogP contribution < -0.4 is 0 Å². The predicted octanol–water partition coefficient (Wildman–Crippen LogP) is 2.41. The van der Waals surface area contributed by atoms with Crippen molar-refractivity contribution in [3.63, 3.8) is 0 Å². The average Bonchev–Trinajstić information content (AvgIpc) is 2.73. The minimum absolute atomic E-state index is 0.200. The molecule has 3 aromatic rings. The molecule has 1 N–H and O–H groups in total. The van der Waals surface area contributed by atoms with E-state index in [1.165, 1.54) is 5.56 Å². The molecule has 4 nitrogen and oxygen atoms in total. The van der Waals surface area contributed by atoms with Crippen LogP contribution in [0, 0.1) is 6.92 Å². The van der Waals surface area contributed by atoms with Crippen molar-refractivity contribution in [2.45, 2.75) is 6.92 Å². The fourth-order valence-electron chi connectivity index (χ4n) is 1.78. The zero-order valence-electron chi connectivity index (χ0n) is 9.33. The summed E-state index contributed by atoms with van der Waals surface area (Å²) in [7, 11) is 0. The summed E-state index contributed by atoms with van der Waals surface area (Å²) in [5.41, 5.74) is 2.90. The molecule has 0 aliphatic heterocycles. The normalized spacial score (nSPS) is 10.9. The monoisotopic (exact) mass is 225 g/mol. The number of aromatic hydroxyl groups is 1. The van der Waals surface area contributed by atoms with E-state index in [0.717, 1.165) is 17.0 Å². The highest BCUT2D eigenvalue weighted by Crippen LogP contribution is 2.20. The first-order chi connectivity index (χ1) is 8.24. The maximum absolute atomic E-state index is 9.49. The van der Waals surface area contributed by atoms with E-state index in [4.69, 9.17) is 0 Å². The average molecular weight is 225 g/mol. The third kappa shape index (κ3) is 1.63. The molecule has 2 heterocycles.